The summed E-state index contributed by atoms with van der Waals surface area (Å²) in [5, 5.41) is 23.6. The summed E-state index contributed by atoms with van der Waals surface area (Å²) in [4.78, 5) is 14.2. The minimum atomic E-state index is -0.504. The van der Waals surface area contributed by atoms with Crippen LogP contribution in [0.3, 0.4) is 0 Å². The molecule has 0 aliphatic heterocycles. The van der Waals surface area contributed by atoms with Gasteiger partial charge in [0.2, 0.25) is 0 Å². The maximum atomic E-state index is 15.5. The van der Waals surface area contributed by atoms with Crippen molar-refractivity contribution >= 4 is 5.65 Å². The SMILES string of the molecule is CCCc1c(Cc2ccc(-c3ccccc3C#N)cc2F)c(=O)n([C@H]2CC[C@H](OCC(C)O)CC2)c2ccnn12. The van der Waals surface area contributed by atoms with Gasteiger partial charge >= 0.3 is 0 Å². The van der Waals surface area contributed by atoms with Crippen LogP contribution in [0.5, 0.6) is 0 Å². The van der Waals surface area contributed by atoms with Crippen LogP contribution < -0.4 is 5.56 Å². The molecule has 1 fully saturated rings. The number of hydrogen-bond donors (Lipinski definition) is 1. The molecule has 1 unspecified atom stereocenters. The van der Waals surface area contributed by atoms with Gasteiger partial charge in [-0.15, -0.1) is 0 Å². The molecule has 0 saturated heterocycles. The van der Waals surface area contributed by atoms with E-state index in [0.717, 1.165) is 43.4 Å². The molecule has 0 amide bonds. The van der Waals surface area contributed by atoms with E-state index in [0.29, 0.717) is 40.8 Å². The second-order valence-corrected chi connectivity index (χ2v) is 10.7. The molecule has 0 spiro atoms. The minimum absolute atomic E-state index is 0.0118. The maximum Gasteiger partial charge on any atom is 0.257 e. The van der Waals surface area contributed by atoms with Crippen LogP contribution in [0.25, 0.3) is 16.8 Å². The van der Waals surface area contributed by atoms with Crippen molar-refractivity contribution in [1.82, 2.24) is 14.2 Å². The summed E-state index contributed by atoms with van der Waals surface area (Å²) in [6, 6.07) is 16.1. The van der Waals surface area contributed by atoms with Gasteiger partial charge in [-0.1, -0.05) is 43.7 Å². The van der Waals surface area contributed by atoms with Gasteiger partial charge in [0.05, 0.1) is 42.3 Å². The number of fused-ring (bicyclic) bond motifs is 1. The normalized spacial score (nSPS) is 18.1. The van der Waals surface area contributed by atoms with Crippen LogP contribution in [-0.2, 0) is 17.6 Å². The lowest BCUT2D eigenvalue weighted by Gasteiger charge is -2.31. The van der Waals surface area contributed by atoms with Gasteiger partial charge in [-0.05, 0) is 67.9 Å². The predicted molar refractivity (Wildman–Crippen MR) is 152 cm³/mol. The first-order chi connectivity index (χ1) is 19.4. The van der Waals surface area contributed by atoms with E-state index in [9.17, 15) is 15.2 Å². The topological polar surface area (TPSA) is 92.5 Å². The molecule has 4 aromatic rings. The van der Waals surface area contributed by atoms with Crippen molar-refractivity contribution in [2.24, 2.45) is 0 Å². The number of benzene rings is 2. The number of nitrogens with zero attached hydrogens (tertiary/aromatic N) is 4. The van der Waals surface area contributed by atoms with E-state index in [2.05, 4.69) is 18.1 Å². The molecule has 1 N–H and O–H groups in total. The number of aromatic nitrogens is 3. The Morgan fingerprint density at radius 2 is 1.95 bits per heavy atom. The number of halogens is 1. The van der Waals surface area contributed by atoms with Crippen LogP contribution in [-0.4, -0.2) is 38.1 Å². The molecule has 1 aliphatic carbocycles. The molecule has 0 radical (unpaired) electrons. The third kappa shape index (κ3) is 5.58. The Balaban J connectivity index is 1.50. The number of nitriles is 1. The largest absolute Gasteiger partial charge is 0.391 e. The molecule has 208 valence electrons. The smallest absolute Gasteiger partial charge is 0.257 e. The number of hydrogen-bond acceptors (Lipinski definition) is 5. The zero-order valence-corrected chi connectivity index (χ0v) is 23.0. The third-order valence-corrected chi connectivity index (χ3v) is 7.80. The monoisotopic (exact) mass is 542 g/mol. The second kappa shape index (κ2) is 12.2. The fourth-order valence-electron chi connectivity index (χ4n) is 5.84. The van der Waals surface area contributed by atoms with E-state index < -0.39 is 11.9 Å². The number of ether oxygens (including phenoxy) is 1. The molecule has 7 nitrogen and oxygen atoms in total. The summed E-state index contributed by atoms with van der Waals surface area (Å²) < 4.78 is 25.1. The zero-order valence-electron chi connectivity index (χ0n) is 23.0. The minimum Gasteiger partial charge on any atom is -0.391 e. The van der Waals surface area contributed by atoms with Crippen molar-refractivity contribution in [3.8, 4) is 17.2 Å². The van der Waals surface area contributed by atoms with Gasteiger partial charge < -0.3 is 9.84 Å². The van der Waals surface area contributed by atoms with Crippen LogP contribution >= 0.6 is 0 Å². The summed E-state index contributed by atoms with van der Waals surface area (Å²) in [5.74, 6) is -0.407. The van der Waals surface area contributed by atoms with Gasteiger partial charge in [-0.2, -0.15) is 10.4 Å². The Morgan fingerprint density at radius 3 is 2.65 bits per heavy atom. The standard InChI is InChI=1S/C32H35FN4O3/c1-3-6-30-28(17-23-10-9-22(18-29(23)33)27-8-5-4-7-24(27)19-34)32(39)36(31-15-16-35-37(30)31)25-11-13-26(14-12-25)40-20-21(2)38/h4-5,7-10,15-16,18,21,25-26,38H,3,6,11-14,17,20H2,1-2H3/t21?,25-,26-. The van der Waals surface area contributed by atoms with Crippen LogP contribution in [0.2, 0.25) is 0 Å². The molecule has 5 rings (SSSR count). The first kappa shape index (κ1) is 27.8. The van der Waals surface area contributed by atoms with Crippen molar-refractivity contribution in [1.29, 1.82) is 5.26 Å². The van der Waals surface area contributed by atoms with E-state index in [1.54, 1.807) is 37.4 Å². The maximum absolute atomic E-state index is 15.5. The quantitative estimate of drug-likeness (QED) is 0.297. The van der Waals surface area contributed by atoms with Crippen molar-refractivity contribution in [2.45, 2.75) is 77.0 Å². The average Bonchev–Trinajstić information content (AvgIpc) is 3.44. The highest BCUT2D eigenvalue weighted by molar-refractivity contribution is 5.70. The van der Waals surface area contributed by atoms with E-state index >= 15 is 4.39 Å². The fraction of sp³-hybridized carbons (Fsp3) is 0.406. The summed E-state index contributed by atoms with van der Waals surface area (Å²) in [5.41, 5.74) is 4.26. The molecule has 2 aromatic carbocycles. The first-order valence-electron chi connectivity index (χ1n) is 14.1. The molecule has 40 heavy (non-hydrogen) atoms. The fourth-order valence-corrected chi connectivity index (χ4v) is 5.84. The van der Waals surface area contributed by atoms with E-state index in [4.69, 9.17) is 4.74 Å². The molecule has 2 heterocycles. The van der Waals surface area contributed by atoms with Crippen molar-refractivity contribution < 1.29 is 14.2 Å². The van der Waals surface area contributed by atoms with Crippen LogP contribution in [0, 0.1) is 17.1 Å². The highest BCUT2D eigenvalue weighted by atomic mass is 19.1. The summed E-state index contributed by atoms with van der Waals surface area (Å²) in [6.07, 6.45) is 6.07. The molecular formula is C32H35FN4O3. The predicted octanol–water partition coefficient (Wildman–Crippen LogP) is 5.60. The van der Waals surface area contributed by atoms with Crippen molar-refractivity contribution in [3.63, 3.8) is 0 Å². The van der Waals surface area contributed by atoms with Gasteiger partial charge in [-0.25, -0.2) is 8.91 Å². The lowest BCUT2D eigenvalue weighted by atomic mass is 9.92. The Labute approximate surface area is 233 Å². The highest BCUT2D eigenvalue weighted by Gasteiger charge is 2.28. The lowest BCUT2D eigenvalue weighted by molar-refractivity contribution is -0.0232. The number of rotatable bonds is 9. The zero-order chi connectivity index (χ0) is 28.2. The lowest BCUT2D eigenvalue weighted by Crippen LogP contribution is -2.35. The van der Waals surface area contributed by atoms with Crippen molar-refractivity contribution in [2.75, 3.05) is 6.61 Å². The molecule has 0 bridgehead atoms. The van der Waals surface area contributed by atoms with Gasteiger partial charge in [-0.3, -0.25) is 9.36 Å². The van der Waals surface area contributed by atoms with E-state index in [-0.39, 0.29) is 24.1 Å². The van der Waals surface area contributed by atoms with Crippen LogP contribution in [0.1, 0.15) is 74.4 Å². The van der Waals surface area contributed by atoms with Gasteiger partial charge in [0, 0.05) is 24.1 Å². The highest BCUT2D eigenvalue weighted by Crippen LogP contribution is 2.32. The third-order valence-electron chi connectivity index (χ3n) is 7.80. The first-order valence-corrected chi connectivity index (χ1v) is 14.1. The molecule has 1 saturated carbocycles. The molecule has 2 aromatic heterocycles. The molecule has 1 atom stereocenters. The van der Waals surface area contributed by atoms with Gasteiger partial charge in [0.15, 0.2) is 0 Å². The molecule has 1 aliphatic rings. The van der Waals surface area contributed by atoms with Crippen molar-refractivity contribution in [3.05, 3.63) is 93.3 Å². The summed E-state index contributed by atoms with van der Waals surface area (Å²) >= 11 is 0. The number of aliphatic hydroxyl groups excluding tert-OH is 1. The average molecular weight is 543 g/mol. The van der Waals surface area contributed by atoms with Crippen LogP contribution in [0.15, 0.2) is 59.5 Å². The Bertz CT molecular complexity index is 1590. The molecule has 8 heteroatoms. The van der Waals surface area contributed by atoms with Gasteiger partial charge in [0.1, 0.15) is 11.5 Å². The second-order valence-electron chi connectivity index (χ2n) is 10.7. The summed E-state index contributed by atoms with van der Waals surface area (Å²) in [6.45, 7) is 4.08. The van der Waals surface area contributed by atoms with Gasteiger partial charge in [0.25, 0.3) is 5.56 Å². The van der Waals surface area contributed by atoms with E-state index in [1.807, 2.05) is 27.3 Å². The van der Waals surface area contributed by atoms with E-state index in [1.165, 1.54) is 6.07 Å². The number of aliphatic hydroxyl groups is 1. The Morgan fingerprint density at radius 1 is 1.18 bits per heavy atom. The Kier molecular flexibility index (Phi) is 8.43. The summed E-state index contributed by atoms with van der Waals surface area (Å²) in [7, 11) is 0. The number of aryl methyl sites for hydroxylation is 1. The van der Waals surface area contributed by atoms with Crippen LogP contribution in [0.4, 0.5) is 4.39 Å². The molecular weight excluding hydrogens is 507 g/mol. The Hall–Kier alpha value is -3.80.